The first-order valence-corrected chi connectivity index (χ1v) is 6.50. The second kappa shape index (κ2) is 6.91. The Labute approximate surface area is 118 Å². The van der Waals surface area contributed by atoms with Gasteiger partial charge < -0.3 is 15.2 Å². The molecule has 0 heterocycles. The summed E-state index contributed by atoms with van der Waals surface area (Å²) in [6.07, 6.45) is 0.825. The van der Waals surface area contributed by atoms with Crippen LogP contribution in [0.25, 0.3) is 0 Å². The average molecular weight is 275 g/mol. The molecule has 4 heteroatoms. The quantitative estimate of drug-likeness (QED) is 0.797. The van der Waals surface area contributed by atoms with E-state index in [2.05, 4.69) is 5.32 Å². The van der Waals surface area contributed by atoms with Crippen LogP contribution in [0.4, 0.5) is 4.39 Å². The molecule has 0 radical (unpaired) electrons. The topological polar surface area (TPSA) is 41.5 Å². The second-order valence-electron chi connectivity index (χ2n) is 4.56. The first-order chi connectivity index (χ1) is 9.69. The fourth-order valence-corrected chi connectivity index (χ4v) is 2.10. The zero-order chi connectivity index (χ0) is 14.4. The molecule has 20 heavy (non-hydrogen) atoms. The lowest BCUT2D eigenvalue weighted by molar-refractivity contribution is 0.409. The van der Waals surface area contributed by atoms with Crippen LogP contribution in [0.1, 0.15) is 11.1 Å². The predicted molar refractivity (Wildman–Crippen MR) is 76.5 cm³/mol. The second-order valence-corrected chi connectivity index (χ2v) is 4.56. The lowest BCUT2D eigenvalue weighted by atomic mass is 10.1. The minimum Gasteiger partial charge on any atom is -0.508 e. The number of rotatable bonds is 6. The molecule has 0 bridgehead atoms. The smallest absolute Gasteiger partial charge is 0.127 e. The highest BCUT2D eigenvalue weighted by atomic mass is 19.1. The van der Waals surface area contributed by atoms with Gasteiger partial charge in [0.25, 0.3) is 0 Å². The van der Waals surface area contributed by atoms with Crippen molar-refractivity contribution in [1.82, 2.24) is 5.32 Å². The molecule has 0 atom stereocenters. The molecule has 0 aliphatic rings. The number of halogens is 1. The lowest BCUT2D eigenvalue weighted by Crippen LogP contribution is -2.17. The van der Waals surface area contributed by atoms with E-state index in [0.29, 0.717) is 6.54 Å². The van der Waals surface area contributed by atoms with Crippen molar-refractivity contribution < 1.29 is 14.2 Å². The van der Waals surface area contributed by atoms with Gasteiger partial charge in [0.05, 0.1) is 7.11 Å². The first kappa shape index (κ1) is 14.3. The molecule has 0 fully saturated rings. The standard InChI is InChI=1S/C16H18FNO2/c1-20-16-5-3-2-4-13(16)6-7-18-11-12-8-14(17)10-15(19)9-12/h2-5,8-10,18-19H,6-7,11H2,1H3. The number of phenols is 1. The number of phenolic OH excluding ortho intramolecular Hbond substituents is 1. The Kier molecular flexibility index (Phi) is 4.96. The number of hydrogen-bond donors (Lipinski definition) is 2. The van der Waals surface area contributed by atoms with Gasteiger partial charge in [0, 0.05) is 12.6 Å². The van der Waals surface area contributed by atoms with Gasteiger partial charge in [-0.05, 0) is 42.3 Å². The van der Waals surface area contributed by atoms with Crippen molar-refractivity contribution in [2.45, 2.75) is 13.0 Å². The average Bonchev–Trinajstić information content (AvgIpc) is 2.43. The van der Waals surface area contributed by atoms with Gasteiger partial charge in [-0.3, -0.25) is 0 Å². The number of aromatic hydroxyl groups is 1. The summed E-state index contributed by atoms with van der Waals surface area (Å²) in [5.74, 6) is 0.399. The van der Waals surface area contributed by atoms with Gasteiger partial charge in [-0.2, -0.15) is 0 Å². The van der Waals surface area contributed by atoms with Crippen LogP contribution in [0.5, 0.6) is 11.5 Å². The first-order valence-electron chi connectivity index (χ1n) is 6.50. The lowest BCUT2D eigenvalue weighted by Gasteiger charge is -2.09. The van der Waals surface area contributed by atoms with Crippen molar-refractivity contribution in [2.24, 2.45) is 0 Å². The molecule has 0 aliphatic heterocycles. The third-order valence-corrected chi connectivity index (χ3v) is 3.04. The van der Waals surface area contributed by atoms with Crippen molar-refractivity contribution >= 4 is 0 Å². The Balaban J connectivity index is 1.84. The minimum absolute atomic E-state index is 0.0495. The summed E-state index contributed by atoms with van der Waals surface area (Å²) in [7, 11) is 1.65. The van der Waals surface area contributed by atoms with Crippen LogP contribution in [0, 0.1) is 5.82 Å². The Bertz CT molecular complexity index is 552. The molecule has 0 spiro atoms. The summed E-state index contributed by atoms with van der Waals surface area (Å²) in [6.45, 7) is 1.26. The molecule has 2 aromatic rings. The zero-order valence-electron chi connectivity index (χ0n) is 11.4. The van der Waals surface area contributed by atoms with Crippen LogP contribution in [0.2, 0.25) is 0 Å². The van der Waals surface area contributed by atoms with E-state index in [4.69, 9.17) is 4.74 Å². The van der Waals surface area contributed by atoms with Crippen molar-refractivity contribution in [1.29, 1.82) is 0 Å². The van der Waals surface area contributed by atoms with Crippen molar-refractivity contribution in [2.75, 3.05) is 13.7 Å². The molecule has 2 rings (SSSR count). The van der Waals surface area contributed by atoms with Crippen LogP contribution >= 0.6 is 0 Å². The van der Waals surface area contributed by atoms with E-state index >= 15 is 0 Å². The third-order valence-electron chi connectivity index (χ3n) is 3.04. The predicted octanol–water partition coefficient (Wildman–Crippen LogP) is 2.87. The number of nitrogens with one attached hydrogen (secondary N) is 1. The fourth-order valence-electron chi connectivity index (χ4n) is 2.10. The van der Waals surface area contributed by atoms with E-state index in [1.807, 2.05) is 24.3 Å². The fraction of sp³-hybridized carbons (Fsp3) is 0.250. The number of para-hydroxylation sites is 1. The number of hydrogen-bond acceptors (Lipinski definition) is 3. The molecule has 0 saturated carbocycles. The van der Waals surface area contributed by atoms with Gasteiger partial charge in [-0.1, -0.05) is 18.2 Å². The van der Waals surface area contributed by atoms with E-state index in [1.54, 1.807) is 13.2 Å². The van der Waals surface area contributed by atoms with Crippen molar-refractivity contribution in [3.8, 4) is 11.5 Å². The molecule has 0 aliphatic carbocycles. The maximum Gasteiger partial charge on any atom is 0.127 e. The van der Waals surface area contributed by atoms with Crippen LogP contribution < -0.4 is 10.1 Å². The summed E-state index contributed by atoms with van der Waals surface area (Å²) in [5.41, 5.74) is 1.85. The van der Waals surface area contributed by atoms with Gasteiger partial charge >= 0.3 is 0 Å². The van der Waals surface area contributed by atoms with Crippen molar-refractivity contribution in [3.05, 3.63) is 59.4 Å². The Morgan fingerprint density at radius 1 is 1.20 bits per heavy atom. The van der Waals surface area contributed by atoms with Crippen LogP contribution in [-0.2, 0) is 13.0 Å². The molecular formula is C16H18FNO2. The summed E-state index contributed by atoms with van der Waals surface area (Å²) in [6, 6.07) is 11.9. The van der Waals surface area contributed by atoms with Crippen LogP contribution in [-0.4, -0.2) is 18.8 Å². The maximum atomic E-state index is 13.1. The molecule has 2 N–H and O–H groups in total. The molecule has 2 aromatic carbocycles. The molecular weight excluding hydrogens is 257 g/mol. The number of ether oxygens (including phenoxy) is 1. The molecule has 0 saturated heterocycles. The maximum absolute atomic E-state index is 13.1. The summed E-state index contributed by atoms with van der Waals surface area (Å²) in [5, 5.41) is 12.5. The number of benzene rings is 2. The zero-order valence-corrected chi connectivity index (χ0v) is 11.4. The van der Waals surface area contributed by atoms with E-state index in [9.17, 15) is 9.50 Å². The summed E-state index contributed by atoms with van der Waals surface area (Å²) < 4.78 is 18.4. The van der Waals surface area contributed by atoms with Gasteiger partial charge in [-0.15, -0.1) is 0 Å². The van der Waals surface area contributed by atoms with Crippen LogP contribution in [0.3, 0.4) is 0 Å². The largest absolute Gasteiger partial charge is 0.508 e. The molecule has 0 amide bonds. The van der Waals surface area contributed by atoms with E-state index in [1.165, 1.54) is 6.07 Å². The molecule has 0 unspecified atom stereocenters. The van der Waals surface area contributed by atoms with Gasteiger partial charge in [-0.25, -0.2) is 4.39 Å². The van der Waals surface area contributed by atoms with Crippen molar-refractivity contribution in [3.63, 3.8) is 0 Å². The SMILES string of the molecule is COc1ccccc1CCNCc1cc(O)cc(F)c1. The van der Waals surface area contributed by atoms with E-state index < -0.39 is 5.82 Å². The summed E-state index contributed by atoms with van der Waals surface area (Å²) in [4.78, 5) is 0. The Morgan fingerprint density at radius 2 is 2.00 bits per heavy atom. The highest BCUT2D eigenvalue weighted by molar-refractivity contribution is 5.33. The van der Waals surface area contributed by atoms with E-state index in [-0.39, 0.29) is 5.75 Å². The highest BCUT2D eigenvalue weighted by Crippen LogP contribution is 2.17. The van der Waals surface area contributed by atoms with Crippen LogP contribution in [0.15, 0.2) is 42.5 Å². The summed E-state index contributed by atoms with van der Waals surface area (Å²) >= 11 is 0. The molecule has 106 valence electrons. The van der Waals surface area contributed by atoms with Gasteiger partial charge in [0.1, 0.15) is 17.3 Å². The number of methoxy groups -OCH3 is 1. The normalized spacial score (nSPS) is 10.5. The molecule has 3 nitrogen and oxygen atoms in total. The van der Waals surface area contributed by atoms with Gasteiger partial charge in [0.15, 0.2) is 0 Å². The highest BCUT2D eigenvalue weighted by Gasteiger charge is 2.02. The molecule has 0 aromatic heterocycles. The van der Waals surface area contributed by atoms with E-state index in [0.717, 1.165) is 35.9 Å². The Hall–Kier alpha value is -2.07. The van der Waals surface area contributed by atoms with Gasteiger partial charge in [0.2, 0.25) is 0 Å². The minimum atomic E-state index is -0.425. The third kappa shape index (κ3) is 3.96. The Morgan fingerprint density at radius 3 is 2.75 bits per heavy atom. The monoisotopic (exact) mass is 275 g/mol.